The lowest BCUT2D eigenvalue weighted by Crippen LogP contribution is -2.01. The van der Waals surface area contributed by atoms with Gasteiger partial charge >= 0.3 is 0 Å². The maximum atomic E-state index is 2.33. The number of hydrogen-bond acceptors (Lipinski definition) is 4. The second kappa shape index (κ2) is 52.4. The fourth-order valence-electron chi connectivity index (χ4n) is 7.53. The summed E-state index contributed by atoms with van der Waals surface area (Å²) in [6.07, 6.45) is 58.3. The highest BCUT2D eigenvalue weighted by molar-refractivity contribution is 8.17. The Morgan fingerprint density at radius 3 is 0.704 bits per heavy atom. The van der Waals surface area contributed by atoms with Gasteiger partial charge in [-0.2, -0.15) is 23.5 Å². The predicted octanol–water partition coefficient (Wildman–Crippen LogP) is 19.9. The van der Waals surface area contributed by atoms with Crippen molar-refractivity contribution in [2.75, 3.05) is 34.5 Å². The molecule has 0 rings (SSSR count). The van der Waals surface area contributed by atoms with Crippen molar-refractivity contribution in [2.24, 2.45) is 0 Å². The molecule has 0 radical (unpaired) electrons. The Morgan fingerprint density at radius 2 is 0.426 bits per heavy atom. The summed E-state index contributed by atoms with van der Waals surface area (Å²) in [5.74, 6) is 8.43. The maximum Gasteiger partial charge on any atom is 0.0502 e. The third kappa shape index (κ3) is 49.5. The molecule has 4 heteroatoms. The zero-order chi connectivity index (χ0) is 38.9. The first-order chi connectivity index (χ1) is 26.8. The zero-order valence-electron chi connectivity index (χ0n) is 37.7. The SMILES string of the molecule is CCCCCCCCCCCCCCSCCCCCCCCCCCC(SCCCCCCCCCC)SCCCCCCCCSCCCCCC. The van der Waals surface area contributed by atoms with Crippen LogP contribution in [-0.4, -0.2) is 39.1 Å². The lowest BCUT2D eigenvalue weighted by molar-refractivity contribution is 0.548. The van der Waals surface area contributed by atoms with E-state index in [1.165, 1.54) is 291 Å². The van der Waals surface area contributed by atoms with Gasteiger partial charge in [0, 0.05) is 0 Å². The first-order valence-electron chi connectivity index (χ1n) is 25.2. The monoisotopic (exact) mass is 831 g/mol. The Labute approximate surface area is 361 Å². The number of hydrogen-bond donors (Lipinski definition) is 0. The molecule has 0 fully saturated rings. The number of unbranched alkanes of at least 4 members (excludes halogenated alkanes) is 34. The summed E-state index contributed by atoms with van der Waals surface area (Å²) in [4.78, 5) is 0. The van der Waals surface area contributed by atoms with Crippen LogP contribution in [0.15, 0.2) is 0 Å². The molecule has 0 aromatic rings. The molecule has 0 N–H and O–H groups in total. The molecule has 0 aromatic carbocycles. The summed E-state index contributed by atoms with van der Waals surface area (Å²) in [5.41, 5.74) is 0. The highest BCUT2D eigenvalue weighted by Crippen LogP contribution is 2.31. The van der Waals surface area contributed by atoms with Crippen molar-refractivity contribution in [3.8, 4) is 0 Å². The van der Waals surface area contributed by atoms with Gasteiger partial charge in [-0.25, -0.2) is 0 Å². The first kappa shape index (κ1) is 55.4. The molecule has 1 unspecified atom stereocenters. The van der Waals surface area contributed by atoms with Crippen LogP contribution in [0.25, 0.3) is 0 Å². The van der Waals surface area contributed by atoms with E-state index in [1.807, 2.05) is 0 Å². The van der Waals surface area contributed by atoms with E-state index in [4.69, 9.17) is 0 Å². The normalized spacial score (nSPS) is 12.3. The van der Waals surface area contributed by atoms with Gasteiger partial charge in [-0.3, -0.25) is 0 Å². The van der Waals surface area contributed by atoms with Crippen molar-refractivity contribution in [3.63, 3.8) is 0 Å². The minimum atomic E-state index is 0.862. The Hall–Kier alpha value is 1.40. The lowest BCUT2D eigenvalue weighted by atomic mass is 10.1. The molecule has 0 amide bonds. The zero-order valence-corrected chi connectivity index (χ0v) is 41.0. The Morgan fingerprint density at radius 1 is 0.222 bits per heavy atom. The molecule has 1 atom stereocenters. The summed E-state index contributed by atoms with van der Waals surface area (Å²) < 4.78 is 0.862. The van der Waals surface area contributed by atoms with Crippen LogP contribution in [0, 0.1) is 0 Å². The quantitative estimate of drug-likeness (QED) is 0.0442. The van der Waals surface area contributed by atoms with Gasteiger partial charge in [0.25, 0.3) is 0 Å². The lowest BCUT2D eigenvalue weighted by Gasteiger charge is -2.16. The van der Waals surface area contributed by atoms with Gasteiger partial charge in [-0.05, 0) is 79.5 Å². The molecule has 0 bridgehead atoms. The molecule has 326 valence electrons. The minimum Gasteiger partial charge on any atom is -0.162 e. The van der Waals surface area contributed by atoms with Gasteiger partial charge < -0.3 is 0 Å². The summed E-state index contributed by atoms with van der Waals surface area (Å²) in [6.45, 7) is 6.95. The molecular weight excluding hydrogens is 729 g/mol. The van der Waals surface area contributed by atoms with Crippen LogP contribution in [0.3, 0.4) is 0 Å². The fraction of sp³-hybridized carbons (Fsp3) is 1.00. The van der Waals surface area contributed by atoms with Crippen molar-refractivity contribution in [1.82, 2.24) is 0 Å². The highest BCUT2D eigenvalue weighted by Gasteiger charge is 2.10. The van der Waals surface area contributed by atoms with Crippen LogP contribution in [-0.2, 0) is 0 Å². The number of thioether (sulfide) groups is 4. The van der Waals surface area contributed by atoms with E-state index in [2.05, 4.69) is 67.8 Å². The summed E-state index contributed by atoms with van der Waals surface area (Å²) in [7, 11) is 0. The van der Waals surface area contributed by atoms with Crippen LogP contribution < -0.4 is 0 Å². The Bertz CT molecular complexity index is 628. The van der Waals surface area contributed by atoms with E-state index in [-0.39, 0.29) is 0 Å². The van der Waals surface area contributed by atoms with Crippen LogP contribution in [0.1, 0.15) is 278 Å². The Balaban J connectivity index is 3.74. The van der Waals surface area contributed by atoms with Gasteiger partial charge in [0.2, 0.25) is 0 Å². The Kier molecular flexibility index (Phi) is 53.8. The summed E-state index contributed by atoms with van der Waals surface area (Å²) in [5, 5.41) is 0. The van der Waals surface area contributed by atoms with Crippen LogP contribution in [0.5, 0.6) is 0 Å². The molecule has 0 nitrogen and oxygen atoms in total. The molecule has 0 aromatic heterocycles. The summed E-state index contributed by atoms with van der Waals surface area (Å²) in [6, 6.07) is 0. The van der Waals surface area contributed by atoms with Gasteiger partial charge in [0.05, 0.1) is 4.58 Å². The van der Waals surface area contributed by atoms with Gasteiger partial charge in [0.15, 0.2) is 0 Å². The van der Waals surface area contributed by atoms with Crippen molar-refractivity contribution < 1.29 is 0 Å². The highest BCUT2D eigenvalue weighted by atomic mass is 32.2. The minimum absolute atomic E-state index is 0.862. The molecule has 0 heterocycles. The second-order valence-corrected chi connectivity index (χ2v) is 22.3. The largest absolute Gasteiger partial charge is 0.162 e. The average Bonchev–Trinajstić information content (AvgIpc) is 3.18. The smallest absolute Gasteiger partial charge is 0.0502 e. The molecular formula is C50H102S4. The maximum absolute atomic E-state index is 2.33. The third-order valence-electron chi connectivity index (χ3n) is 11.3. The van der Waals surface area contributed by atoms with Crippen molar-refractivity contribution in [2.45, 2.75) is 282 Å². The molecule has 0 saturated carbocycles. The fourth-order valence-corrected chi connectivity index (χ4v) is 12.5. The van der Waals surface area contributed by atoms with E-state index in [0.29, 0.717) is 0 Å². The molecule has 0 aliphatic rings. The van der Waals surface area contributed by atoms with Gasteiger partial charge in [0.1, 0.15) is 0 Å². The van der Waals surface area contributed by atoms with Crippen LogP contribution in [0.2, 0.25) is 0 Å². The molecule has 0 aliphatic heterocycles. The van der Waals surface area contributed by atoms with Crippen molar-refractivity contribution in [3.05, 3.63) is 0 Å². The standard InChI is InChI=1S/C50H102S4/c1-4-7-10-13-15-17-18-19-22-25-31-38-46-52-47-39-32-26-23-20-21-24-30-36-43-50(53-48-41-34-27-16-14-11-8-5-2)54-49-42-35-29-28-33-40-45-51-44-37-12-9-6-3/h50H,4-49H2,1-3H3. The predicted molar refractivity (Wildman–Crippen MR) is 265 cm³/mol. The number of rotatable bonds is 50. The van der Waals surface area contributed by atoms with E-state index in [0.717, 1.165) is 4.58 Å². The van der Waals surface area contributed by atoms with Crippen LogP contribution >= 0.6 is 47.0 Å². The first-order valence-corrected chi connectivity index (χ1v) is 29.6. The summed E-state index contributed by atoms with van der Waals surface area (Å²) >= 11 is 9.11. The topological polar surface area (TPSA) is 0 Å². The van der Waals surface area contributed by atoms with Gasteiger partial charge in [-0.15, -0.1) is 23.5 Å². The third-order valence-corrected chi connectivity index (χ3v) is 16.7. The van der Waals surface area contributed by atoms with Crippen molar-refractivity contribution in [1.29, 1.82) is 0 Å². The second-order valence-electron chi connectivity index (χ2n) is 16.9. The van der Waals surface area contributed by atoms with E-state index < -0.39 is 0 Å². The van der Waals surface area contributed by atoms with E-state index >= 15 is 0 Å². The van der Waals surface area contributed by atoms with E-state index in [9.17, 15) is 0 Å². The van der Waals surface area contributed by atoms with Crippen LogP contribution in [0.4, 0.5) is 0 Å². The average molecular weight is 832 g/mol. The molecule has 54 heavy (non-hydrogen) atoms. The molecule has 0 saturated heterocycles. The molecule has 0 aliphatic carbocycles. The van der Waals surface area contributed by atoms with Crippen molar-refractivity contribution >= 4 is 47.0 Å². The van der Waals surface area contributed by atoms with Gasteiger partial charge in [-0.1, -0.05) is 233 Å². The van der Waals surface area contributed by atoms with E-state index in [1.54, 1.807) is 0 Å². The molecule has 0 spiro atoms.